The molecule has 0 radical (unpaired) electrons. The van der Waals surface area contributed by atoms with Crippen LogP contribution >= 0.6 is 0 Å². The number of amidine groups is 1. The Kier molecular flexibility index (Phi) is 3.07. The van der Waals surface area contributed by atoms with Crippen LogP contribution < -0.4 is 11.1 Å². The molecule has 8 nitrogen and oxygen atoms in total. The van der Waals surface area contributed by atoms with Crippen molar-refractivity contribution in [3.8, 4) is 0 Å². The van der Waals surface area contributed by atoms with E-state index >= 15 is 0 Å². The van der Waals surface area contributed by atoms with Crippen LogP contribution in [0.2, 0.25) is 0 Å². The Bertz CT molecular complexity index is 645. The maximum atomic E-state index is 12.2. The van der Waals surface area contributed by atoms with Gasteiger partial charge in [0.05, 0.1) is 29.0 Å². The van der Waals surface area contributed by atoms with Crippen molar-refractivity contribution in [2.75, 3.05) is 0 Å². The minimum atomic E-state index is -0.970. The Morgan fingerprint density at radius 3 is 2.95 bits per heavy atom. The number of rotatable bonds is 3. The van der Waals surface area contributed by atoms with Gasteiger partial charge in [0.25, 0.3) is 5.91 Å². The van der Waals surface area contributed by atoms with Crippen LogP contribution in [0.4, 0.5) is 0 Å². The summed E-state index contributed by atoms with van der Waals surface area (Å²) in [5, 5.41) is 18.3. The molecule has 2 aromatic rings. The number of hydrogen-bond acceptors (Lipinski definition) is 5. The third kappa shape index (κ3) is 2.32. The van der Waals surface area contributed by atoms with Gasteiger partial charge in [-0.1, -0.05) is 5.16 Å². The van der Waals surface area contributed by atoms with Gasteiger partial charge < -0.3 is 16.3 Å². The lowest BCUT2D eigenvalue weighted by Crippen LogP contribution is -2.53. The Hall–Kier alpha value is -2.64. The molecule has 0 spiro atoms. The first-order chi connectivity index (χ1) is 8.95. The molecule has 0 saturated carbocycles. The molecule has 0 saturated heterocycles. The van der Waals surface area contributed by atoms with E-state index in [4.69, 9.17) is 10.9 Å². The van der Waals surface area contributed by atoms with Crippen molar-refractivity contribution in [3.63, 3.8) is 0 Å². The van der Waals surface area contributed by atoms with Crippen molar-refractivity contribution in [2.45, 2.75) is 19.4 Å². The summed E-state index contributed by atoms with van der Waals surface area (Å²) in [7, 11) is 0. The number of nitrogens with one attached hydrogen (secondary N) is 1. The van der Waals surface area contributed by atoms with Crippen LogP contribution in [-0.2, 0) is 0 Å². The van der Waals surface area contributed by atoms with Gasteiger partial charge in [0.15, 0.2) is 5.84 Å². The van der Waals surface area contributed by atoms with Gasteiger partial charge >= 0.3 is 0 Å². The van der Waals surface area contributed by atoms with Crippen molar-refractivity contribution in [1.29, 1.82) is 0 Å². The third-order valence-corrected chi connectivity index (χ3v) is 2.74. The Labute approximate surface area is 108 Å². The van der Waals surface area contributed by atoms with E-state index < -0.39 is 5.54 Å². The van der Waals surface area contributed by atoms with Crippen LogP contribution in [0.5, 0.6) is 0 Å². The summed E-state index contributed by atoms with van der Waals surface area (Å²) in [6, 6.07) is 0. The van der Waals surface area contributed by atoms with E-state index in [1.807, 2.05) is 0 Å². The monoisotopic (exact) mass is 262 g/mol. The summed E-state index contributed by atoms with van der Waals surface area (Å²) in [6.45, 7) is 3.26. The predicted molar refractivity (Wildman–Crippen MR) is 67.9 cm³/mol. The second-order valence-corrected chi connectivity index (χ2v) is 4.53. The SMILES string of the molecule is CC(C)(NC(=O)c1cnn2ccncc12)/C(N)=N/O. The molecule has 0 aromatic carbocycles. The zero-order valence-electron chi connectivity index (χ0n) is 10.5. The zero-order valence-corrected chi connectivity index (χ0v) is 10.5. The van der Waals surface area contributed by atoms with Gasteiger partial charge in [0.1, 0.15) is 0 Å². The highest BCUT2D eigenvalue weighted by Crippen LogP contribution is 2.11. The average Bonchev–Trinajstić information content (AvgIpc) is 2.81. The molecule has 2 rings (SSSR count). The van der Waals surface area contributed by atoms with Gasteiger partial charge in [-0.25, -0.2) is 4.52 Å². The minimum Gasteiger partial charge on any atom is -0.409 e. The van der Waals surface area contributed by atoms with E-state index in [1.165, 1.54) is 6.20 Å². The number of carbonyl (C=O) groups excluding carboxylic acids is 1. The number of hydrogen-bond donors (Lipinski definition) is 3. The summed E-state index contributed by atoms with van der Waals surface area (Å²) >= 11 is 0. The highest BCUT2D eigenvalue weighted by atomic mass is 16.4. The highest BCUT2D eigenvalue weighted by Gasteiger charge is 2.27. The lowest BCUT2D eigenvalue weighted by Gasteiger charge is -2.24. The number of nitrogens with two attached hydrogens (primary N) is 1. The zero-order chi connectivity index (χ0) is 14.0. The minimum absolute atomic E-state index is 0.0875. The average molecular weight is 262 g/mol. The van der Waals surface area contributed by atoms with Crippen LogP contribution in [0.15, 0.2) is 29.9 Å². The fraction of sp³-hybridized carbons (Fsp3) is 0.273. The fourth-order valence-electron chi connectivity index (χ4n) is 1.55. The van der Waals surface area contributed by atoms with Gasteiger partial charge in [-0.05, 0) is 13.8 Å². The summed E-state index contributed by atoms with van der Waals surface area (Å²) < 4.78 is 1.54. The van der Waals surface area contributed by atoms with Crippen LogP contribution in [0.25, 0.3) is 5.52 Å². The molecule has 0 fully saturated rings. The van der Waals surface area contributed by atoms with Crippen LogP contribution in [0.1, 0.15) is 24.2 Å². The first-order valence-corrected chi connectivity index (χ1v) is 5.53. The summed E-state index contributed by atoms with van der Waals surface area (Å²) in [6.07, 6.45) is 6.19. The first-order valence-electron chi connectivity index (χ1n) is 5.53. The molecule has 19 heavy (non-hydrogen) atoms. The van der Waals surface area contributed by atoms with E-state index in [0.717, 1.165) is 0 Å². The quantitative estimate of drug-likeness (QED) is 0.311. The van der Waals surface area contributed by atoms with Gasteiger partial charge in [0.2, 0.25) is 0 Å². The second-order valence-electron chi connectivity index (χ2n) is 4.53. The molecular weight excluding hydrogens is 248 g/mol. The number of oxime groups is 1. The normalized spacial score (nSPS) is 12.6. The standard InChI is InChI=1S/C11H14N6O2/c1-11(2,10(12)16-19)15-9(18)7-5-14-17-4-3-13-6-8(7)17/h3-6,19H,1-2H3,(H2,12,16)(H,15,18). The van der Waals surface area contributed by atoms with Crippen molar-refractivity contribution < 1.29 is 10.0 Å². The molecule has 100 valence electrons. The van der Waals surface area contributed by atoms with Crippen molar-refractivity contribution in [2.24, 2.45) is 10.9 Å². The lowest BCUT2D eigenvalue weighted by molar-refractivity contribution is 0.0932. The summed E-state index contributed by atoms with van der Waals surface area (Å²) in [4.78, 5) is 16.1. The van der Waals surface area contributed by atoms with Gasteiger partial charge in [-0.15, -0.1) is 0 Å². The molecule has 2 heterocycles. The van der Waals surface area contributed by atoms with E-state index in [0.29, 0.717) is 11.1 Å². The van der Waals surface area contributed by atoms with Gasteiger partial charge in [-0.3, -0.25) is 9.78 Å². The number of amides is 1. The lowest BCUT2D eigenvalue weighted by atomic mass is 10.0. The van der Waals surface area contributed by atoms with Crippen LogP contribution in [0.3, 0.4) is 0 Å². The largest absolute Gasteiger partial charge is 0.409 e. The maximum absolute atomic E-state index is 12.2. The Balaban J connectivity index is 2.31. The van der Waals surface area contributed by atoms with Crippen LogP contribution in [0, 0.1) is 0 Å². The summed E-state index contributed by atoms with van der Waals surface area (Å²) in [5.74, 6) is -0.463. The smallest absolute Gasteiger partial charge is 0.255 e. The molecule has 2 aromatic heterocycles. The Morgan fingerprint density at radius 1 is 1.53 bits per heavy atom. The molecule has 8 heteroatoms. The molecule has 4 N–H and O–H groups in total. The van der Waals surface area contributed by atoms with Crippen LogP contribution in [-0.4, -0.2) is 37.1 Å². The molecule has 0 aliphatic carbocycles. The third-order valence-electron chi connectivity index (χ3n) is 2.74. The molecule has 1 amide bonds. The second kappa shape index (κ2) is 4.56. The molecule has 0 atom stereocenters. The van der Waals surface area contributed by atoms with Crippen molar-refractivity contribution in [1.82, 2.24) is 19.9 Å². The topological polar surface area (TPSA) is 118 Å². The predicted octanol–water partition coefficient (Wildman–Crippen LogP) is -0.0159. The van der Waals surface area contributed by atoms with E-state index in [9.17, 15) is 4.79 Å². The molecular formula is C11H14N6O2. The first kappa shape index (κ1) is 12.8. The van der Waals surface area contributed by atoms with Gasteiger partial charge in [-0.2, -0.15) is 5.10 Å². The number of nitrogens with zero attached hydrogens (tertiary/aromatic N) is 4. The molecule has 0 aliphatic heterocycles. The molecule has 0 bridgehead atoms. The van der Waals surface area contributed by atoms with Crippen molar-refractivity contribution in [3.05, 3.63) is 30.4 Å². The molecule has 0 aliphatic rings. The Morgan fingerprint density at radius 2 is 2.26 bits per heavy atom. The highest BCUT2D eigenvalue weighted by molar-refractivity contribution is 6.03. The number of aromatic nitrogens is 3. The van der Waals surface area contributed by atoms with Gasteiger partial charge in [0, 0.05) is 12.4 Å². The van der Waals surface area contributed by atoms with Crippen molar-refractivity contribution >= 4 is 17.3 Å². The maximum Gasteiger partial charge on any atom is 0.255 e. The molecule has 0 unspecified atom stereocenters. The van der Waals surface area contributed by atoms with E-state index in [1.54, 1.807) is 37.0 Å². The number of fused-ring (bicyclic) bond motifs is 1. The summed E-state index contributed by atoms with van der Waals surface area (Å²) in [5.41, 5.74) is 5.49. The number of carbonyl (C=O) groups is 1. The van der Waals surface area contributed by atoms with E-state index in [-0.39, 0.29) is 11.7 Å². The van der Waals surface area contributed by atoms with E-state index in [2.05, 4.69) is 20.6 Å². The fourth-order valence-corrected chi connectivity index (χ4v) is 1.55.